The van der Waals surface area contributed by atoms with Gasteiger partial charge < -0.3 is 14.6 Å². The Morgan fingerprint density at radius 3 is 2.09 bits per heavy atom. The van der Waals surface area contributed by atoms with E-state index in [9.17, 15) is 9.90 Å². The number of aliphatic hydroxyl groups is 1. The van der Waals surface area contributed by atoms with Gasteiger partial charge in [-0.25, -0.2) is 4.79 Å². The summed E-state index contributed by atoms with van der Waals surface area (Å²) in [6.07, 6.45) is 2.25. The number of ether oxygens (including phenoxy) is 2. The van der Waals surface area contributed by atoms with Gasteiger partial charge >= 0.3 is 5.97 Å². The fourth-order valence-corrected chi connectivity index (χ4v) is 4.91. The fraction of sp³-hybridized carbons (Fsp3) is 0.387. The number of rotatable bonds is 9. The molecule has 4 nitrogen and oxygen atoms in total. The van der Waals surface area contributed by atoms with E-state index in [1.807, 2.05) is 45.0 Å². The third kappa shape index (κ3) is 5.22. The molecule has 0 amide bonds. The molecule has 0 aliphatic heterocycles. The van der Waals surface area contributed by atoms with Crippen LogP contribution in [-0.2, 0) is 10.2 Å². The standard InChI is InChI=1S/C31H38O4/c1-8-27(29(32)20(4)5)35-28-16-15-25(17-21(28)6)31(9-2,10-3)26-14-13-22-18-24(30(33)34-7)12-11-23(22)19-26/h11-19,27,32H,8-10H2,1-7H3. The van der Waals surface area contributed by atoms with Crippen LogP contribution in [0.1, 0.15) is 80.9 Å². The van der Waals surface area contributed by atoms with Crippen LogP contribution in [0.25, 0.3) is 10.8 Å². The molecule has 0 heterocycles. The zero-order chi connectivity index (χ0) is 25.8. The van der Waals surface area contributed by atoms with Gasteiger partial charge in [0.1, 0.15) is 11.5 Å². The minimum Gasteiger partial charge on any atom is -0.508 e. The van der Waals surface area contributed by atoms with E-state index in [0.717, 1.165) is 40.5 Å². The zero-order valence-corrected chi connectivity index (χ0v) is 22.1. The second kappa shape index (κ2) is 11.0. The van der Waals surface area contributed by atoms with Gasteiger partial charge in [-0.05, 0) is 91.3 Å². The highest BCUT2D eigenvalue weighted by Gasteiger charge is 2.31. The minimum absolute atomic E-state index is 0.148. The highest BCUT2D eigenvalue weighted by Crippen LogP contribution is 2.41. The lowest BCUT2D eigenvalue weighted by molar-refractivity contribution is 0.0601. The summed E-state index contributed by atoms with van der Waals surface area (Å²) in [6, 6.07) is 18.6. The van der Waals surface area contributed by atoms with Gasteiger partial charge in [-0.2, -0.15) is 0 Å². The summed E-state index contributed by atoms with van der Waals surface area (Å²) < 4.78 is 11.1. The van der Waals surface area contributed by atoms with Crippen molar-refractivity contribution in [3.8, 4) is 5.75 Å². The minimum atomic E-state index is -0.345. The van der Waals surface area contributed by atoms with E-state index in [4.69, 9.17) is 9.47 Å². The van der Waals surface area contributed by atoms with E-state index in [-0.39, 0.29) is 17.5 Å². The number of aliphatic hydroxyl groups excluding tert-OH is 1. The molecular weight excluding hydrogens is 436 g/mol. The number of benzene rings is 3. The number of allylic oxidation sites excluding steroid dienone is 1. The number of carbonyl (C=O) groups is 1. The largest absolute Gasteiger partial charge is 0.508 e. The van der Waals surface area contributed by atoms with Gasteiger partial charge in [0.2, 0.25) is 0 Å². The third-order valence-corrected chi connectivity index (χ3v) is 7.21. The lowest BCUT2D eigenvalue weighted by Gasteiger charge is -2.34. The number of methoxy groups -OCH3 is 1. The lowest BCUT2D eigenvalue weighted by Crippen LogP contribution is -2.26. The Balaban J connectivity index is 2.02. The Hall–Kier alpha value is -3.27. The molecule has 35 heavy (non-hydrogen) atoms. The average Bonchev–Trinajstić information content (AvgIpc) is 2.88. The van der Waals surface area contributed by atoms with Gasteiger partial charge in [0.05, 0.1) is 12.7 Å². The van der Waals surface area contributed by atoms with Crippen LogP contribution in [0.15, 0.2) is 65.9 Å². The molecule has 0 aliphatic carbocycles. The van der Waals surface area contributed by atoms with Crippen molar-refractivity contribution in [2.24, 2.45) is 0 Å². The molecule has 0 saturated carbocycles. The predicted octanol–water partition coefficient (Wildman–Crippen LogP) is 8.05. The summed E-state index contributed by atoms with van der Waals surface area (Å²) in [7, 11) is 1.40. The molecule has 1 N–H and O–H groups in total. The first-order chi connectivity index (χ1) is 16.7. The molecule has 0 saturated heterocycles. The van der Waals surface area contributed by atoms with E-state index in [2.05, 4.69) is 51.1 Å². The topological polar surface area (TPSA) is 55.8 Å². The molecule has 0 spiro atoms. The van der Waals surface area contributed by atoms with Crippen LogP contribution in [0.5, 0.6) is 5.75 Å². The molecule has 186 valence electrons. The molecule has 1 unspecified atom stereocenters. The second-order valence-corrected chi connectivity index (χ2v) is 9.44. The van der Waals surface area contributed by atoms with Crippen LogP contribution >= 0.6 is 0 Å². The van der Waals surface area contributed by atoms with Gasteiger partial charge in [-0.3, -0.25) is 0 Å². The Bertz CT molecular complexity index is 1230. The molecule has 0 fully saturated rings. The molecule has 0 aromatic heterocycles. The van der Waals surface area contributed by atoms with Crippen molar-refractivity contribution in [1.82, 2.24) is 0 Å². The van der Waals surface area contributed by atoms with Crippen molar-refractivity contribution in [3.05, 3.63) is 88.2 Å². The number of fused-ring (bicyclic) bond motifs is 1. The molecule has 0 bridgehead atoms. The second-order valence-electron chi connectivity index (χ2n) is 9.44. The first-order valence-electron chi connectivity index (χ1n) is 12.5. The molecule has 3 aromatic rings. The summed E-state index contributed by atoms with van der Waals surface area (Å²) in [6.45, 7) is 12.3. The fourth-order valence-electron chi connectivity index (χ4n) is 4.91. The van der Waals surface area contributed by atoms with Crippen molar-refractivity contribution in [2.45, 2.75) is 72.3 Å². The van der Waals surface area contributed by atoms with Gasteiger partial charge in [-0.1, -0.05) is 57.2 Å². The molecule has 0 radical (unpaired) electrons. The van der Waals surface area contributed by atoms with E-state index >= 15 is 0 Å². The van der Waals surface area contributed by atoms with Gasteiger partial charge in [0, 0.05) is 5.41 Å². The van der Waals surface area contributed by atoms with Crippen molar-refractivity contribution in [2.75, 3.05) is 7.11 Å². The van der Waals surface area contributed by atoms with Crippen molar-refractivity contribution < 1.29 is 19.4 Å². The maximum Gasteiger partial charge on any atom is 0.337 e. The summed E-state index contributed by atoms with van der Waals surface area (Å²) in [5.41, 5.74) is 4.83. The van der Waals surface area contributed by atoms with Gasteiger partial charge in [0.25, 0.3) is 0 Å². The Kier molecular flexibility index (Phi) is 8.26. The first kappa shape index (κ1) is 26.3. The van der Waals surface area contributed by atoms with Crippen molar-refractivity contribution in [3.63, 3.8) is 0 Å². The Morgan fingerprint density at radius 2 is 1.51 bits per heavy atom. The molecule has 3 rings (SSSR count). The number of aryl methyl sites for hydroxylation is 1. The van der Waals surface area contributed by atoms with Crippen LogP contribution in [0.3, 0.4) is 0 Å². The van der Waals surface area contributed by atoms with Crippen LogP contribution in [0, 0.1) is 6.92 Å². The highest BCUT2D eigenvalue weighted by atomic mass is 16.5. The smallest absolute Gasteiger partial charge is 0.337 e. The predicted molar refractivity (Wildman–Crippen MR) is 144 cm³/mol. The zero-order valence-electron chi connectivity index (χ0n) is 22.1. The van der Waals surface area contributed by atoms with E-state index in [0.29, 0.717) is 17.7 Å². The SMILES string of the molecule is CCC(Oc1ccc(C(CC)(CC)c2ccc3cc(C(=O)OC)ccc3c2)cc1C)C(O)=C(C)C. The van der Waals surface area contributed by atoms with E-state index < -0.39 is 0 Å². The van der Waals surface area contributed by atoms with Crippen molar-refractivity contribution >= 4 is 16.7 Å². The lowest BCUT2D eigenvalue weighted by atomic mass is 9.70. The Labute approximate surface area is 209 Å². The molecule has 0 aliphatic rings. The number of carbonyl (C=O) groups excluding carboxylic acids is 1. The molecule has 3 aromatic carbocycles. The quantitative estimate of drug-likeness (QED) is 0.252. The van der Waals surface area contributed by atoms with Gasteiger partial charge in [0.15, 0.2) is 6.10 Å². The molecule has 1 atom stereocenters. The van der Waals surface area contributed by atoms with Crippen molar-refractivity contribution in [1.29, 1.82) is 0 Å². The van der Waals surface area contributed by atoms with E-state index in [1.165, 1.54) is 18.2 Å². The maximum absolute atomic E-state index is 11.9. The maximum atomic E-state index is 11.9. The summed E-state index contributed by atoms with van der Waals surface area (Å²) >= 11 is 0. The summed E-state index contributed by atoms with van der Waals surface area (Å²) in [5.74, 6) is 0.774. The Morgan fingerprint density at radius 1 is 0.914 bits per heavy atom. The highest BCUT2D eigenvalue weighted by molar-refractivity contribution is 5.95. The number of hydrogen-bond donors (Lipinski definition) is 1. The van der Waals surface area contributed by atoms with Crippen LogP contribution in [-0.4, -0.2) is 24.3 Å². The number of hydrogen-bond acceptors (Lipinski definition) is 4. The van der Waals surface area contributed by atoms with Crippen LogP contribution < -0.4 is 4.74 Å². The number of esters is 1. The third-order valence-electron chi connectivity index (χ3n) is 7.21. The van der Waals surface area contributed by atoms with E-state index in [1.54, 1.807) is 0 Å². The molecule has 4 heteroatoms. The summed E-state index contributed by atoms with van der Waals surface area (Å²) in [5, 5.41) is 12.5. The normalized spacial score (nSPS) is 12.3. The van der Waals surface area contributed by atoms with Gasteiger partial charge in [-0.15, -0.1) is 0 Å². The monoisotopic (exact) mass is 474 g/mol. The first-order valence-corrected chi connectivity index (χ1v) is 12.5. The van der Waals surface area contributed by atoms with Crippen LogP contribution in [0.2, 0.25) is 0 Å². The molecular formula is C31H38O4. The average molecular weight is 475 g/mol. The van der Waals surface area contributed by atoms with Crippen LogP contribution in [0.4, 0.5) is 0 Å². The summed E-state index contributed by atoms with van der Waals surface area (Å²) in [4.78, 5) is 11.9.